The van der Waals surface area contributed by atoms with E-state index >= 15 is 0 Å². The molecular weight excluding hydrogens is 280 g/mol. The van der Waals surface area contributed by atoms with Gasteiger partial charge in [0.15, 0.2) is 0 Å². The fourth-order valence-electron chi connectivity index (χ4n) is 4.25. The van der Waals surface area contributed by atoms with Gasteiger partial charge in [0.1, 0.15) is 5.75 Å². The van der Waals surface area contributed by atoms with E-state index in [1.165, 1.54) is 11.1 Å². The first-order valence-corrected chi connectivity index (χ1v) is 8.87. The molecule has 0 fully saturated rings. The molecule has 0 bridgehead atoms. The molecule has 0 unspecified atom stereocenters. The van der Waals surface area contributed by atoms with Crippen molar-refractivity contribution in [3.8, 4) is 5.75 Å². The summed E-state index contributed by atoms with van der Waals surface area (Å²) in [5.41, 5.74) is 3.09. The average Bonchev–Trinajstić information content (AvgIpc) is 2.21. The lowest BCUT2D eigenvalue weighted by Crippen LogP contribution is -2.27. The van der Waals surface area contributed by atoms with Crippen LogP contribution in [-0.4, -0.2) is 5.11 Å². The van der Waals surface area contributed by atoms with Gasteiger partial charge in [-0.25, -0.2) is 0 Å². The molecule has 132 valence electrons. The van der Waals surface area contributed by atoms with E-state index in [0.717, 1.165) is 12.8 Å². The predicted molar refractivity (Wildman–Crippen MR) is 102 cm³/mol. The number of hydrogen-bond donors (Lipinski definition) is 1. The number of aromatic hydroxyl groups is 1. The van der Waals surface area contributed by atoms with E-state index in [0.29, 0.717) is 5.75 Å². The van der Waals surface area contributed by atoms with Crippen molar-refractivity contribution in [1.29, 1.82) is 0 Å². The van der Waals surface area contributed by atoms with Crippen molar-refractivity contribution in [1.82, 2.24) is 0 Å². The van der Waals surface area contributed by atoms with Gasteiger partial charge in [0.25, 0.3) is 0 Å². The number of hydrogen-bond acceptors (Lipinski definition) is 1. The molecule has 1 aromatic rings. The van der Waals surface area contributed by atoms with E-state index < -0.39 is 0 Å². The summed E-state index contributed by atoms with van der Waals surface area (Å²) in [6, 6.07) is 6.21. The third kappa shape index (κ3) is 6.20. The van der Waals surface area contributed by atoms with Gasteiger partial charge in [-0.05, 0) is 57.8 Å². The van der Waals surface area contributed by atoms with Crippen molar-refractivity contribution in [3.63, 3.8) is 0 Å². The Morgan fingerprint density at radius 1 is 0.609 bits per heavy atom. The molecule has 1 N–H and O–H groups in total. The monoisotopic (exact) mass is 318 g/mol. The maximum absolute atomic E-state index is 10.3. The minimum atomic E-state index is 0.0452. The number of phenolic OH excluding ortho intramolecular Hbond substituents is 1. The van der Waals surface area contributed by atoms with Crippen molar-refractivity contribution < 1.29 is 5.11 Å². The first kappa shape index (κ1) is 20.1. The summed E-state index contributed by atoms with van der Waals surface area (Å²) in [6.45, 7) is 22.8. The highest BCUT2D eigenvalue weighted by Crippen LogP contribution is 2.42. The topological polar surface area (TPSA) is 20.2 Å². The predicted octanol–water partition coefficient (Wildman–Crippen LogP) is 6.82. The second-order valence-corrected chi connectivity index (χ2v) is 11.0. The highest BCUT2D eigenvalue weighted by atomic mass is 16.3. The van der Waals surface area contributed by atoms with E-state index in [4.69, 9.17) is 0 Å². The smallest absolute Gasteiger partial charge is 0.116 e. The van der Waals surface area contributed by atoms with E-state index in [2.05, 4.69) is 75.3 Å². The SMILES string of the molecule is CC(C)(C)CC(C)(C)c1cc(O)cc(C(C)(C)CC(C)(C)C)c1. The zero-order valence-electron chi connectivity index (χ0n) is 17.1. The van der Waals surface area contributed by atoms with Crippen LogP contribution >= 0.6 is 0 Å². The maximum Gasteiger partial charge on any atom is 0.116 e. The Morgan fingerprint density at radius 2 is 0.913 bits per heavy atom. The van der Waals surface area contributed by atoms with Crippen molar-refractivity contribution in [2.75, 3.05) is 0 Å². The minimum Gasteiger partial charge on any atom is -0.508 e. The Labute approximate surface area is 144 Å². The van der Waals surface area contributed by atoms with Crippen molar-refractivity contribution in [2.24, 2.45) is 10.8 Å². The van der Waals surface area contributed by atoms with Gasteiger partial charge in [-0.1, -0.05) is 75.3 Å². The highest BCUT2D eigenvalue weighted by Gasteiger charge is 2.31. The van der Waals surface area contributed by atoms with Crippen LogP contribution in [0.4, 0.5) is 0 Å². The van der Waals surface area contributed by atoms with Gasteiger partial charge in [-0.15, -0.1) is 0 Å². The molecule has 0 aliphatic rings. The molecule has 0 heterocycles. The normalized spacial score (nSPS) is 14.2. The number of phenols is 1. The lowest BCUT2D eigenvalue weighted by atomic mass is 9.69. The van der Waals surface area contributed by atoms with Crippen LogP contribution in [0.2, 0.25) is 0 Å². The molecular formula is C22H38O. The summed E-state index contributed by atoms with van der Waals surface area (Å²) in [6.07, 6.45) is 2.17. The standard InChI is InChI=1S/C22H38O/c1-19(2,3)14-21(7,8)16-11-17(13-18(23)12-16)22(9,10)15-20(4,5)6/h11-13,23H,14-15H2,1-10H3. The number of benzene rings is 1. The van der Waals surface area contributed by atoms with Gasteiger partial charge >= 0.3 is 0 Å². The molecule has 0 aliphatic carbocycles. The number of rotatable bonds is 4. The highest BCUT2D eigenvalue weighted by molar-refractivity contribution is 5.40. The van der Waals surface area contributed by atoms with Gasteiger partial charge in [0.2, 0.25) is 0 Å². The van der Waals surface area contributed by atoms with Gasteiger partial charge in [-0.2, -0.15) is 0 Å². The lowest BCUT2D eigenvalue weighted by molar-refractivity contribution is 0.277. The first-order valence-electron chi connectivity index (χ1n) is 8.87. The average molecular weight is 319 g/mol. The second-order valence-electron chi connectivity index (χ2n) is 11.0. The third-order valence-electron chi connectivity index (χ3n) is 4.43. The molecule has 1 nitrogen and oxygen atoms in total. The molecule has 0 saturated carbocycles. The lowest BCUT2D eigenvalue weighted by Gasteiger charge is -2.36. The molecule has 0 saturated heterocycles. The first-order chi connectivity index (χ1) is 10.0. The van der Waals surface area contributed by atoms with E-state index in [-0.39, 0.29) is 21.7 Å². The van der Waals surface area contributed by atoms with Gasteiger partial charge in [0, 0.05) is 0 Å². The molecule has 0 aliphatic heterocycles. The van der Waals surface area contributed by atoms with E-state index in [9.17, 15) is 5.11 Å². The van der Waals surface area contributed by atoms with Crippen LogP contribution in [0.1, 0.15) is 93.2 Å². The summed E-state index contributed by atoms with van der Waals surface area (Å²) in [5, 5.41) is 10.3. The summed E-state index contributed by atoms with van der Waals surface area (Å²) < 4.78 is 0. The van der Waals surface area contributed by atoms with Crippen molar-refractivity contribution in [3.05, 3.63) is 29.3 Å². The summed E-state index contributed by atoms with van der Waals surface area (Å²) in [5.74, 6) is 0.390. The zero-order chi connectivity index (χ0) is 18.3. The van der Waals surface area contributed by atoms with Gasteiger partial charge < -0.3 is 5.11 Å². The Bertz CT molecular complexity index is 490. The largest absolute Gasteiger partial charge is 0.508 e. The van der Waals surface area contributed by atoms with Crippen LogP contribution in [0.15, 0.2) is 18.2 Å². The van der Waals surface area contributed by atoms with E-state index in [1.54, 1.807) is 0 Å². The van der Waals surface area contributed by atoms with Crippen LogP contribution < -0.4 is 0 Å². The summed E-state index contributed by atoms with van der Waals surface area (Å²) in [4.78, 5) is 0. The quantitative estimate of drug-likeness (QED) is 0.645. The minimum absolute atomic E-state index is 0.0452. The fourth-order valence-corrected chi connectivity index (χ4v) is 4.25. The van der Waals surface area contributed by atoms with Crippen LogP contribution in [0.25, 0.3) is 0 Å². The molecule has 1 heteroatoms. The molecule has 0 atom stereocenters. The molecule has 0 aromatic heterocycles. The maximum atomic E-state index is 10.3. The Hall–Kier alpha value is -0.980. The Morgan fingerprint density at radius 3 is 1.17 bits per heavy atom. The molecule has 0 spiro atoms. The van der Waals surface area contributed by atoms with Gasteiger partial charge in [0.05, 0.1) is 0 Å². The molecule has 0 amide bonds. The van der Waals surface area contributed by atoms with Crippen molar-refractivity contribution in [2.45, 2.75) is 92.9 Å². The molecule has 23 heavy (non-hydrogen) atoms. The zero-order valence-corrected chi connectivity index (χ0v) is 17.1. The van der Waals surface area contributed by atoms with E-state index in [1.807, 2.05) is 12.1 Å². The fraction of sp³-hybridized carbons (Fsp3) is 0.727. The van der Waals surface area contributed by atoms with Crippen LogP contribution in [0.5, 0.6) is 5.75 Å². The van der Waals surface area contributed by atoms with Crippen molar-refractivity contribution >= 4 is 0 Å². The summed E-state index contributed by atoms with van der Waals surface area (Å²) in [7, 11) is 0. The van der Waals surface area contributed by atoms with Crippen LogP contribution in [0, 0.1) is 10.8 Å². The Balaban J connectivity index is 3.28. The Kier molecular flexibility index (Phi) is 5.36. The molecule has 0 radical (unpaired) electrons. The molecule has 1 rings (SSSR count). The van der Waals surface area contributed by atoms with Crippen LogP contribution in [0.3, 0.4) is 0 Å². The third-order valence-corrected chi connectivity index (χ3v) is 4.43. The molecule has 1 aromatic carbocycles. The summed E-state index contributed by atoms with van der Waals surface area (Å²) >= 11 is 0. The van der Waals surface area contributed by atoms with Gasteiger partial charge in [-0.3, -0.25) is 0 Å². The van der Waals surface area contributed by atoms with Crippen LogP contribution in [-0.2, 0) is 10.8 Å². The second kappa shape index (κ2) is 6.15.